The lowest BCUT2D eigenvalue weighted by Gasteiger charge is -1.86. The first-order valence-corrected chi connectivity index (χ1v) is 3.76. The summed E-state index contributed by atoms with van der Waals surface area (Å²) in [4.78, 5) is 19.1. The van der Waals surface area contributed by atoms with Gasteiger partial charge in [-0.1, -0.05) is 0 Å². The highest BCUT2D eigenvalue weighted by molar-refractivity contribution is 5.60. The second-order valence-corrected chi connectivity index (χ2v) is 2.52. The quantitative estimate of drug-likeness (QED) is 0.568. The van der Waals surface area contributed by atoms with Gasteiger partial charge in [0.2, 0.25) is 5.69 Å². The fourth-order valence-corrected chi connectivity index (χ4v) is 0.965. The van der Waals surface area contributed by atoms with Crippen LogP contribution < -0.4 is 6.15 Å². The van der Waals surface area contributed by atoms with Crippen LogP contribution in [0.2, 0.25) is 0 Å². The maximum Gasteiger partial charge on any atom is 0.572 e. The highest BCUT2D eigenvalue weighted by Gasteiger charge is 2.27. The van der Waals surface area contributed by atoms with E-state index in [4.69, 9.17) is 0 Å². The number of nitrogens with zero attached hydrogens (tertiary/aromatic N) is 5. The number of hydrogen-bond donors (Lipinski definition) is 2. The lowest BCUT2D eigenvalue weighted by atomic mass is 10.4. The summed E-state index contributed by atoms with van der Waals surface area (Å²) in [6, 6.07) is -0.854. The predicted octanol–water partition coefficient (Wildman–Crippen LogP) is 0.438. The molecule has 0 unspecified atom stereocenters. The van der Waals surface area contributed by atoms with E-state index in [0.717, 1.165) is 6.20 Å². The molecule has 2 rings (SSSR count). The monoisotopic (exact) mass is 243 g/mol. The van der Waals surface area contributed by atoms with Crippen molar-refractivity contribution in [2.24, 2.45) is 0 Å². The molecule has 2 aromatic heterocycles. The van der Waals surface area contributed by atoms with Gasteiger partial charge < -0.3 is 20.7 Å². The van der Waals surface area contributed by atoms with Gasteiger partial charge in [-0.05, 0) is 0 Å². The molecule has 0 aliphatic carbocycles. The molecule has 0 radical (unpaired) electrons. The highest BCUT2D eigenvalue weighted by atomic mass is 16.7. The first-order chi connectivity index (χ1) is 7.59. The molecule has 12 nitrogen and oxygen atoms in total. The zero-order valence-corrected chi connectivity index (χ0v) is 8.06. The molecule has 0 bridgehead atoms. The van der Waals surface area contributed by atoms with Crippen LogP contribution in [0.15, 0.2) is 10.6 Å². The normalized spacial score (nSPS) is 9.65. The van der Waals surface area contributed by atoms with Crippen molar-refractivity contribution in [3.63, 3.8) is 0 Å². The van der Waals surface area contributed by atoms with E-state index >= 15 is 0 Å². The summed E-state index contributed by atoms with van der Waals surface area (Å²) < 4.78 is 4.57. The molecule has 0 amide bonds. The van der Waals surface area contributed by atoms with E-state index in [1.54, 1.807) is 0 Å². The second-order valence-electron chi connectivity index (χ2n) is 2.52. The number of aromatic nitrogens is 4. The summed E-state index contributed by atoms with van der Waals surface area (Å²) in [6.45, 7) is 0. The smallest absolute Gasteiger partial charge is 0.359 e. The Morgan fingerprint density at radius 3 is 2.47 bits per heavy atom. The third-order valence-corrected chi connectivity index (χ3v) is 1.59. The zero-order chi connectivity index (χ0) is 11.7. The Kier molecular flexibility index (Phi) is 3.09. The number of nitrogens with one attached hydrogen (secondary N) is 1. The van der Waals surface area contributed by atoms with E-state index in [2.05, 4.69) is 24.8 Å². The first-order valence-electron chi connectivity index (χ1n) is 3.76. The van der Waals surface area contributed by atoms with Crippen molar-refractivity contribution in [1.82, 2.24) is 26.5 Å². The third-order valence-electron chi connectivity index (χ3n) is 1.59. The van der Waals surface area contributed by atoms with E-state index in [1.165, 1.54) is 0 Å². The van der Waals surface area contributed by atoms with Gasteiger partial charge in [0.15, 0.2) is 0 Å². The van der Waals surface area contributed by atoms with Crippen LogP contribution in [0.3, 0.4) is 0 Å². The van der Waals surface area contributed by atoms with Gasteiger partial charge in [-0.2, -0.15) is 5.10 Å². The Balaban J connectivity index is 0.00000144. The Morgan fingerprint density at radius 1 is 1.24 bits per heavy atom. The third kappa shape index (κ3) is 2.05. The van der Waals surface area contributed by atoms with Crippen LogP contribution in [0.25, 0.3) is 11.6 Å². The minimum Gasteiger partial charge on any atom is -0.359 e. The van der Waals surface area contributed by atoms with Gasteiger partial charge in [-0.15, -0.1) is 0 Å². The van der Waals surface area contributed by atoms with Crippen molar-refractivity contribution in [3.05, 3.63) is 26.4 Å². The van der Waals surface area contributed by atoms with Gasteiger partial charge in [0.05, 0.1) is 4.92 Å². The minimum absolute atomic E-state index is 0. The molecular formula is C5H5N7O5. The number of H-pyrrole nitrogens is 1. The zero-order valence-electron chi connectivity index (χ0n) is 8.06. The number of aromatic amines is 1. The van der Waals surface area contributed by atoms with Crippen molar-refractivity contribution in [3.8, 4) is 11.6 Å². The summed E-state index contributed by atoms with van der Waals surface area (Å²) in [6.07, 6.45) is 1.01. The maximum absolute atomic E-state index is 10.5. The molecule has 12 heteroatoms. The Bertz CT molecular complexity index is 559. The van der Waals surface area contributed by atoms with Crippen molar-refractivity contribution < 1.29 is 14.3 Å². The number of rotatable bonds is 3. The van der Waals surface area contributed by atoms with E-state index in [9.17, 15) is 20.2 Å². The van der Waals surface area contributed by atoms with Crippen LogP contribution in [-0.2, 0) is 0 Å². The van der Waals surface area contributed by atoms with Gasteiger partial charge in [0.25, 0.3) is 0 Å². The van der Waals surface area contributed by atoms with Crippen molar-refractivity contribution >= 4 is 11.7 Å². The average Bonchev–Trinajstić information content (AvgIpc) is 2.86. The minimum atomic E-state index is -0.908. The molecule has 0 atom stereocenters. The predicted molar refractivity (Wildman–Crippen MR) is 50.2 cm³/mol. The molecule has 90 valence electrons. The van der Waals surface area contributed by atoms with Crippen molar-refractivity contribution in [2.45, 2.75) is 0 Å². The van der Waals surface area contributed by atoms with Gasteiger partial charge in [0.1, 0.15) is 11.3 Å². The van der Waals surface area contributed by atoms with Crippen LogP contribution in [0, 0.1) is 20.2 Å². The lowest BCUT2D eigenvalue weighted by Crippen LogP contribution is -1.89. The summed E-state index contributed by atoms with van der Waals surface area (Å²) in [5, 5.41) is 32.8. The van der Waals surface area contributed by atoms with Gasteiger partial charge in [-0.25, -0.2) is 0 Å². The first kappa shape index (κ1) is 12.2. The maximum atomic E-state index is 10.5. The van der Waals surface area contributed by atoms with Crippen molar-refractivity contribution in [1.29, 1.82) is 0 Å². The van der Waals surface area contributed by atoms with E-state index in [-0.39, 0.29) is 17.7 Å². The highest BCUT2D eigenvalue weighted by Crippen LogP contribution is 2.26. The fourth-order valence-electron chi connectivity index (χ4n) is 0.965. The molecule has 0 aliphatic rings. The Morgan fingerprint density at radius 2 is 1.94 bits per heavy atom. The summed E-state index contributed by atoms with van der Waals surface area (Å²) in [5.41, 5.74) is -0.649. The molecule has 0 saturated carbocycles. The van der Waals surface area contributed by atoms with Gasteiger partial charge in [0, 0.05) is 10.0 Å². The standard InChI is InChI=1S/C5H2N6O5.H3N/c12-10(13)2-1-6-7-3(2)4-8-9-5(16-4)11(14)15;/h1H,(H,6,7);1H3. The largest absolute Gasteiger partial charge is 0.572 e. The summed E-state index contributed by atoms with van der Waals surface area (Å²) in [5.74, 6) is -0.389. The van der Waals surface area contributed by atoms with E-state index < -0.39 is 21.5 Å². The Labute approximate surface area is 91.5 Å². The van der Waals surface area contributed by atoms with Gasteiger partial charge in [-0.3, -0.25) is 15.2 Å². The molecule has 0 spiro atoms. The molecular weight excluding hydrogens is 238 g/mol. The molecule has 0 aliphatic heterocycles. The molecule has 4 N–H and O–H groups in total. The average molecular weight is 243 g/mol. The van der Waals surface area contributed by atoms with Crippen molar-refractivity contribution in [2.75, 3.05) is 0 Å². The molecule has 17 heavy (non-hydrogen) atoms. The molecule has 0 aromatic carbocycles. The molecule has 2 aromatic rings. The second kappa shape index (κ2) is 4.31. The number of hydrogen-bond acceptors (Lipinski definition) is 9. The fraction of sp³-hybridized carbons (Fsp3) is 0. The number of nitro groups is 2. The SMILES string of the molecule is N.O=[N+]([O-])c1nnc(-c2n[nH]cc2[N+](=O)[O-])o1. The molecule has 0 saturated heterocycles. The topological polar surface area (TPSA) is 189 Å². The molecule has 2 heterocycles. The van der Waals surface area contributed by atoms with Gasteiger partial charge >= 0.3 is 17.6 Å². The van der Waals surface area contributed by atoms with Crippen LogP contribution in [-0.4, -0.2) is 30.2 Å². The summed E-state index contributed by atoms with van der Waals surface area (Å²) >= 11 is 0. The van der Waals surface area contributed by atoms with Crippen LogP contribution in [0.5, 0.6) is 0 Å². The Hall–Kier alpha value is -2.89. The lowest BCUT2D eigenvalue weighted by molar-refractivity contribution is -0.407. The van der Waals surface area contributed by atoms with E-state index in [0.29, 0.717) is 0 Å². The van der Waals surface area contributed by atoms with Crippen LogP contribution >= 0.6 is 0 Å². The van der Waals surface area contributed by atoms with Crippen LogP contribution in [0.1, 0.15) is 0 Å². The molecule has 0 fully saturated rings. The van der Waals surface area contributed by atoms with E-state index in [1.807, 2.05) is 0 Å². The summed E-state index contributed by atoms with van der Waals surface area (Å²) in [7, 11) is 0. The van der Waals surface area contributed by atoms with Crippen LogP contribution in [0.4, 0.5) is 11.7 Å².